The van der Waals surface area contributed by atoms with Gasteiger partial charge in [-0.2, -0.15) is 0 Å². The maximum atomic E-state index is 11.8. The summed E-state index contributed by atoms with van der Waals surface area (Å²) in [6.45, 7) is -0.428. The average Bonchev–Trinajstić information content (AvgIpc) is 2.73. The molecule has 1 fully saturated rings. The topological polar surface area (TPSA) is 137 Å². The Morgan fingerprint density at radius 1 is 1.25 bits per heavy atom. The number of nitrogens with one attached hydrogen (secondary N) is 2. The summed E-state index contributed by atoms with van der Waals surface area (Å²) in [5, 5.41) is 28.1. The first kappa shape index (κ1) is 14.7. The predicted molar refractivity (Wildman–Crippen MR) is 69.2 cm³/mol. The number of aliphatic hydroxyl groups is 3. The molecule has 1 aromatic rings. The van der Waals surface area contributed by atoms with E-state index < -0.39 is 37.1 Å². The molecular formula is C12H17N3O5. The minimum Gasteiger partial charge on any atom is -0.399 e. The summed E-state index contributed by atoms with van der Waals surface area (Å²) < 4.78 is 5.14. The first-order chi connectivity index (χ1) is 9.52. The minimum atomic E-state index is -1.25. The van der Waals surface area contributed by atoms with Crippen molar-refractivity contribution in [3.8, 4) is 0 Å². The van der Waals surface area contributed by atoms with E-state index in [1.54, 1.807) is 24.3 Å². The van der Waals surface area contributed by atoms with Crippen LogP contribution in [-0.2, 0) is 4.74 Å². The molecular weight excluding hydrogens is 266 g/mol. The molecule has 1 aliphatic heterocycles. The number of nitrogens with two attached hydrogens (primary N) is 1. The van der Waals surface area contributed by atoms with Gasteiger partial charge in [-0.25, -0.2) is 5.43 Å². The number of rotatable bonds is 4. The summed E-state index contributed by atoms with van der Waals surface area (Å²) in [5.74, 6) is -0.442. The Kier molecular flexibility index (Phi) is 4.53. The lowest BCUT2D eigenvalue weighted by atomic mass is 10.1. The highest BCUT2D eigenvalue weighted by Crippen LogP contribution is 2.18. The van der Waals surface area contributed by atoms with Gasteiger partial charge in [-0.3, -0.25) is 10.2 Å². The Bertz CT molecular complexity index is 467. The fourth-order valence-electron chi connectivity index (χ4n) is 1.86. The van der Waals surface area contributed by atoms with Gasteiger partial charge in [0.05, 0.1) is 6.61 Å². The lowest BCUT2D eigenvalue weighted by Gasteiger charge is -2.17. The fourth-order valence-corrected chi connectivity index (χ4v) is 1.86. The molecule has 0 unspecified atom stereocenters. The van der Waals surface area contributed by atoms with Crippen LogP contribution in [0.15, 0.2) is 24.3 Å². The van der Waals surface area contributed by atoms with Gasteiger partial charge in [0, 0.05) is 11.3 Å². The van der Waals surface area contributed by atoms with Crippen LogP contribution in [0.2, 0.25) is 0 Å². The highest BCUT2D eigenvalue weighted by atomic mass is 16.6. The Labute approximate surface area is 115 Å². The molecule has 20 heavy (non-hydrogen) atoms. The molecule has 2 rings (SSSR count). The number of benzene rings is 1. The van der Waals surface area contributed by atoms with E-state index in [1.807, 2.05) is 0 Å². The maximum Gasteiger partial charge on any atom is 0.265 e. The second-order valence-corrected chi connectivity index (χ2v) is 4.48. The zero-order valence-corrected chi connectivity index (χ0v) is 10.6. The first-order valence-electron chi connectivity index (χ1n) is 6.07. The van der Waals surface area contributed by atoms with E-state index in [0.717, 1.165) is 0 Å². The third-order valence-corrected chi connectivity index (χ3v) is 3.04. The van der Waals surface area contributed by atoms with E-state index in [4.69, 9.17) is 15.6 Å². The van der Waals surface area contributed by atoms with Crippen LogP contribution in [0, 0.1) is 0 Å². The van der Waals surface area contributed by atoms with Crippen LogP contribution in [0.25, 0.3) is 0 Å². The van der Waals surface area contributed by atoms with Crippen LogP contribution < -0.4 is 16.6 Å². The standard InChI is InChI=1S/C12H17N3O5/c13-7-3-1-6(2-4-7)11(19)14-15-12-10(18)9(17)8(5-16)20-12/h1-4,8-10,12,15-18H,5,13H2,(H,14,19)/t8-,9-,10+,12-/m1/s1. The Morgan fingerprint density at radius 2 is 1.90 bits per heavy atom. The monoisotopic (exact) mass is 283 g/mol. The molecule has 1 heterocycles. The van der Waals surface area contributed by atoms with E-state index in [9.17, 15) is 15.0 Å². The smallest absolute Gasteiger partial charge is 0.265 e. The van der Waals surface area contributed by atoms with Crippen molar-refractivity contribution in [1.29, 1.82) is 0 Å². The van der Waals surface area contributed by atoms with Gasteiger partial charge in [0.2, 0.25) is 0 Å². The Morgan fingerprint density at radius 3 is 2.45 bits per heavy atom. The van der Waals surface area contributed by atoms with Crippen LogP contribution in [0.4, 0.5) is 5.69 Å². The molecule has 0 radical (unpaired) electrons. The molecule has 1 aliphatic rings. The number of nitrogen functional groups attached to an aromatic ring is 1. The lowest BCUT2D eigenvalue weighted by Crippen LogP contribution is -2.49. The maximum absolute atomic E-state index is 11.8. The molecule has 0 aromatic heterocycles. The molecule has 1 saturated heterocycles. The summed E-state index contributed by atoms with van der Waals surface area (Å²) in [5.41, 5.74) is 11.2. The minimum absolute atomic E-state index is 0.374. The van der Waals surface area contributed by atoms with Crippen LogP contribution in [0.1, 0.15) is 10.4 Å². The molecule has 4 atom stereocenters. The van der Waals surface area contributed by atoms with Gasteiger partial charge in [0.25, 0.3) is 5.91 Å². The van der Waals surface area contributed by atoms with E-state index >= 15 is 0 Å². The molecule has 7 N–H and O–H groups in total. The third kappa shape index (κ3) is 3.06. The van der Waals surface area contributed by atoms with E-state index in [-0.39, 0.29) is 0 Å². The van der Waals surface area contributed by atoms with Gasteiger partial charge in [0.15, 0.2) is 6.23 Å². The number of ether oxygens (including phenoxy) is 1. The molecule has 8 heteroatoms. The first-order valence-corrected chi connectivity index (χ1v) is 6.07. The van der Waals surface area contributed by atoms with Crippen molar-refractivity contribution in [1.82, 2.24) is 10.9 Å². The van der Waals surface area contributed by atoms with Crippen molar-refractivity contribution in [3.05, 3.63) is 29.8 Å². The number of carbonyl (C=O) groups is 1. The van der Waals surface area contributed by atoms with Crippen molar-refractivity contribution in [2.24, 2.45) is 0 Å². The van der Waals surface area contributed by atoms with E-state index in [2.05, 4.69) is 10.9 Å². The van der Waals surface area contributed by atoms with Crippen molar-refractivity contribution in [3.63, 3.8) is 0 Å². The molecule has 0 bridgehead atoms. The molecule has 1 amide bonds. The number of hydrogen-bond acceptors (Lipinski definition) is 7. The highest BCUT2D eigenvalue weighted by molar-refractivity contribution is 5.94. The number of aliphatic hydroxyl groups excluding tert-OH is 3. The molecule has 0 aliphatic carbocycles. The van der Waals surface area contributed by atoms with Crippen molar-refractivity contribution < 1.29 is 24.9 Å². The zero-order valence-electron chi connectivity index (χ0n) is 10.6. The van der Waals surface area contributed by atoms with Gasteiger partial charge in [-0.1, -0.05) is 0 Å². The molecule has 0 spiro atoms. The van der Waals surface area contributed by atoms with Crippen molar-refractivity contribution in [2.75, 3.05) is 12.3 Å². The summed E-state index contributed by atoms with van der Waals surface area (Å²) in [6, 6.07) is 6.26. The van der Waals surface area contributed by atoms with Crippen molar-refractivity contribution in [2.45, 2.75) is 24.5 Å². The van der Waals surface area contributed by atoms with Gasteiger partial charge in [-0.05, 0) is 24.3 Å². The molecule has 8 nitrogen and oxygen atoms in total. The quantitative estimate of drug-likeness (QED) is 0.276. The van der Waals surface area contributed by atoms with Gasteiger partial charge >= 0.3 is 0 Å². The van der Waals surface area contributed by atoms with Crippen LogP contribution in [-0.4, -0.2) is 52.4 Å². The Hall–Kier alpha value is -1.71. The van der Waals surface area contributed by atoms with Gasteiger partial charge in [0.1, 0.15) is 18.3 Å². The number of carbonyl (C=O) groups excluding carboxylic acids is 1. The summed E-state index contributed by atoms with van der Waals surface area (Å²) >= 11 is 0. The molecule has 110 valence electrons. The van der Waals surface area contributed by atoms with E-state index in [0.29, 0.717) is 11.3 Å². The second-order valence-electron chi connectivity index (χ2n) is 4.48. The van der Waals surface area contributed by atoms with Crippen LogP contribution in [0.3, 0.4) is 0 Å². The van der Waals surface area contributed by atoms with Crippen molar-refractivity contribution >= 4 is 11.6 Å². The molecule has 1 aromatic carbocycles. The normalized spacial score (nSPS) is 29.4. The van der Waals surface area contributed by atoms with E-state index in [1.165, 1.54) is 0 Å². The highest BCUT2D eigenvalue weighted by Gasteiger charge is 2.42. The predicted octanol–water partition coefficient (Wildman–Crippen LogP) is -2.06. The van der Waals surface area contributed by atoms with Crippen LogP contribution in [0.5, 0.6) is 0 Å². The largest absolute Gasteiger partial charge is 0.399 e. The zero-order chi connectivity index (χ0) is 14.7. The number of amides is 1. The Balaban J connectivity index is 1.89. The number of hydrazine groups is 1. The molecule has 0 saturated carbocycles. The summed E-state index contributed by atoms with van der Waals surface area (Å²) in [7, 11) is 0. The summed E-state index contributed by atoms with van der Waals surface area (Å²) in [4.78, 5) is 11.8. The van der Waals surface area contributed by atoms with Gasteiger partial charge in [-0.15, -0.1) is 0 Å². The second kappa shape index (κ2) is 6.16. The fraction of sp³-hybridized carbons (Fsp3) is 0.417. The number of hydrogen-bond donors (Lipinski definition) is 6. The lowest BCUT2D eigenvalue weighted by molar-refractivity contribution is -0.0375. The number of anilines is 1. The van der Waals surface area contributed by atoms with Gasteiger partial charge < -0.3 is 25.8 Å². The van der Waals surface area contributed by atoms with Crippen LogP contribution >= 0.6 is 0 Å². The average molecular weight is 283 g/mol. The third-order valence-electron chi connectivity index (χ3n) is 3.04. The summed E-state index contributed by atoms with van der Waals surface area (Å²) in [6.07, 6.45) is -4.36. The SMILES string of the molecule is Nc1ccc(C(=O)NN[C@@H]2O[C@H](CO)[C@@H](O)[C@@H]2O)cc1.